The first-order chi connectivity index (χ1) is 13.4. The largest absolute Gasteiger partial charge is 0.479 e. The molecule has 0 N–H and O–H groups in total. The second-order valence-corrected chi connectivity index (χ2v) is 7.24. The van der Waals surface area contributed by atoms with Crippen LogP contribution < -0.4 is 9.64 Å². The van der Waals surface area contributed by atoms with Gasteiger partial charge in [0.2, 0.25) is 0 Å². The smallest absolute Gasteiger partial charge is 0.292 e. The van der Waals surface area contributed by atoms with Crippen molar-refractivity contribution in [3.05, 3.63) is 62.6 Å². The molecule has 1 atom stereocenters. The number of nitro benzene ring substituents is 1. The molecule has 0 aromatic heterocycles. The third kappa shape index (κ3) is 4.48. The van der Waals surface area contributed by atoms with E-state index < -0.39 is 11.0 Å². The Hall–Kier alpha value is -2.51. The van der Waals surface area contributed by atoms with Crippen LogP contribution in [0.1, 0.15) is 6.92 Å². The molecule has 1 fully saturated rings. The number of rotatable bonds is 5. The number of nitrogens with zero attached hydrogens (tertiary/aromatic N) is 3. The number of piperazine rings is 1. The lowest BCUT2D eigenvalue weighted by Gasteiger charge is -2.36. The molecule has 0 aliphatic carbocycles. The molecule has 3 rings (SSSR count). The van der Waals surface area contributed by atoms with Gasteiger partial charge >= 0.3 is 0 Å². The third-order valence-corrected chi connectivity index (χ3v) is 5.09. The Kier molecular flexibility index (Phi) is 6.26. The van der Waals surface area contributed by atoms with E-state index in [4.69, 9.17) is 27.9 Å². The maximum atomic E-state index is 12.7. The number of ether oxygens (including phenoxy) is 1. The molecule has 1 aliphatic heterocycles. The van der Waals surface area contributed by atoms with Crippen molar-refractivity contribution in [2.45, 2.75) is 13.0 Å². The Balaban J connectivity index is 1.61. The van der Waals surface area contributed by atoms with E-state index in [1.807, 2.05) is 4.90 Å². The molecule has 0 bridgehead atoms. The summed E-state index contributed by atoms with van der Waals surface area (Å²) in [6.07, 6.45) is -0.712. The summed E-state index contributed by atoms with van der Waals surface area (Å²) < 4.78 is 5.69. The molecule has 148 valence electrons. The SMILES string of the molecule is CC(Oc1ccc(Cl)cc1Cl)C(=O)N1CCN(c2ccccc2[N+](=O)[O-])CC1. The Labute approximate surface area is 172 Å². The first-order valence-corrected chi connectivity index (χ1v) is 9.51. The van der Waals surface area contributed by atoms with Gasteiger partial charge in [0.25, 0.3) is 11.6 Å². The molecule has 2 aromatic rings. The molecule has 1 unspecified atom stereocenters. The van der Waals surface area contributed by atoms with Crippen LogP contribution in [0.3, 0.4) is 0 Å². The molecule has 0 radical (unpaired) electrons. The number of anilines is 1. The van der Waals surface area contributed by atoms with E-state index in [9.17, 15) is 14.9 Å². The highest BCUT2D eigenvalue weighted by Gasteiger charge is 2.28. The van der Waals surface area contributed by atoms with Crippen LogP contribution in [-0.4, -0.2) is 48.0 Å². The molecule has 0 spiro atoms. The summed E-state index contributed by atoms with van der Waals surface area (Å²) in [6, 6.07) is 11.4. The Morgan fingerprint density at radius 2 is 1.82 bits per heavy atom. The van der Waals surface area contributed by atoms with E-state index in [-0.39, 0.29) is 11.6 Å². The van der Waals surface area contributed by atoms with Crippen molar-refractivity contribution in [2.75, 3.05) is 31.1 Å². The molecular formula is C19H19Cl2N3O4. The zero-order chi connectivity index (χ0) is 20.3. The third-order valence-electron chi connectivity index (χ3n) is 4.56. The number of carbonyl (C=O) groups excluding carboxylic acids is 1. The van der Waals surface area contributed by atoms with Gasteiger partial charge in [0.1, 0.15) is 11.4 Å². The van der Waals surface area contributed by atoms with Crippen molar-refractivity contribution in [3.8, 4) is 5.75 Å². The van der Waals surface area contributed by atoms with Gasteiger partial charge in [-0.2, -0.15) is 0 Å². The summed E-state index contributed by atoms with van der Waals surface area (Å²) >= 11 is 12.0. The highest BCUT2D eigenvalue weighted by molar-refractivity contribution is 6.35. The Bertz CT molecular complexity index is 885. The van der Waals surface area contributed by atoms with Crippen LogP contribution in [0, 0.1) is 10.1 Å². The fourth-order valence-corrected chi connectivity index (χ4v) is 3.58. The average Bonchev–Trinajstić information content (AvgIpc) is 2.69. The topological polar surface area (TPSA) is 75.9 Å². The number of halogens is 2. The second-order valence-electron chi connectivity index (χ2n) is 6.39. The van der Waals surface area contributed by atoms with E-state index in [0.717, 1.165) is 0 Å². The summed E-state index contributed by atoms with van der Waals surface area (Å²) in [7, 11) is 0. The summed E-state index contributed by atoms with van der Waals surface area (Å²) in [5.41, 5.74) is 0.633. The van der Waals surface area contributed by atoms with Gasteiger partial charge in [0.15, 0.2) is 6.10 Å². The first-order valence-electron chi connectivity index (χ1n) is 8.75. The summed E-state index contributed by atoms with van der Waals surface area (Å²) in [5.74, 6) is 0.235. The highest BCUT2D eigenvalue weighted by Crippen LogP contribution is 2.30. The summed E-state index contributed by atoms with van der Waals surface area (Å²) in [4.78, 5) is 27.2. The van der Waals surface area contributed by atoms with Crippen molar-refractivity contribution in [1.82, 2.24) is 4.90 Å². The van der Waals surface area contributed by atoms with Crippen LogP contribution in [0.2, 0.25) is 10.0 Å². The summed E-state index contributed by atoms with van der Waals surface area (Å²) in [5, 5.41) is 12.1. The predicted octanol–water partition coefficient (Wildman–Crippen LogP) is 4.02. The van der Waals surface area contributed by atoms with Crippen molar-refractivity contribution in [2.24, 2.45) is 0 Å². The van der Waals surface area contributed by atoms with E-state index >= 15 is 0 Å². The molecule has 1 heterocycles. The molecule has 0 saturated carbocycles. The molecule has 9 heteroatoms. The lowest BCUT2D eigenvalue weighted by atomic mass is 10.2. The van der Waals surface area contributed by atoms with Crippen LogP contribution in [0.25, 0.3) is 0 Å². The fourth-order valence-electron chi connectivity index (χ4n) is 3.12. The molecule has 28 heavy (non-hydrogen) atoms. The van der Waals surface area contributed by atoms with Crippen LogP contribution in [-0.2, 0) is 4.79 Å². The number of para-hydroxylation sites is 2. The minimum absolute atomic E-state index is 0.0661. The standard InChI is InChI=1S/C19H19Cl2N3O4/c1-13(28-18-7-6-14(20)12-15(18)21)19(25)23-10-8-22(9-11-23)16-4-2-3-5-17(16)24(26)27/h2-7,12-13H,8-11H2,1H3. The van der Waals surface area contributed by atoms with Gasteiger partial charge in [0, 0.05) is 37.3 Å². The maximum Gasteiger partial charge on any atom is 0.292 e. The van der Waals surface area contributed by atoms with E-state index in [2.05, 4.69) is 0 Å². The van der Waals surface area contributed by atoms with E-state index in [1.54, 1.807) is 48.2 Å². The Morgan fingerprint density at radius 1 is 1.14 bits per heavy atom. The molecule has 7 nitrogen and oxygen atoms in total. The first kappa shape index (κ1) is 20.2. The van der Waals surface area contributed by atoms with Crippen molar-refractivity contribution in [3.63, 3.8) is 0 Å². The van der Waals surface area contributed by atoms with E-state index in [1.165, 1.54) is 6.07 Å². The van der Waals surface area contributed by atoms with Crippen LogP contribution in [0.5, 0.6) is 5.75 Å². The van der Waals surface area contributed by atoms with Gasteiger partial charge in [-0.25, -0.2) is 0 Å². The zero-order valence-electron chi connectivity index (χ0n) is 15.2. The Morgan fingerprint density at radius 3 is 2.46 bits per heavy atom. The zero-order valence-corrected chi connectivity index (χ0v) is 16.7. The number of amides is 1. The van der Waals surface area contributed by atoms with Crippen LogP contribution in [0.4, 0.5) is 11.4 Å². The van der Waals surface area contributed by atoms with Gasteiger partial charge in [-0.05, 0) is 31.2 Å². The normalized spacial score (nSPS) is 15.2. The molecule has 1 saturated heterocycles. The number of carbonyl (C=O) groups is 1. The monoisotopic (exact) mass is 423 g/mol. The second kappa shape index (κ2) is 8.67. The quantitative estimate of drug-likeness (QED) is 0.536. The summed E-state index contributed by atoms with van der Waals surface area (Å²) in [6.45, 7) is 3.58. The van der Waals surface area contributed by atoms with Gasteiger partial charge in [0.05, 0.1) is 9.95 Å². The van der Waals surface area contributed by atoms with Crippen molar-refractivity contribution < 1.29 is 14.5 Å². The average molecular weight is 424 g/mol. The van der Waals surface area contributed by atoms with Crippen molar-refractivity contribution >= 4 is 40.5 Å². The van der Waals surface area contributed by atoms with Crippen LogP contribution >= 0.6 is 23.2 Å². The van der Waals surface area contributed by atoms with Gasteiger partial charge in [-0.15, -0.1) is 0 Å². The number of nitro groups is 1. The van der Waals surface area contributed by atoms with Crippen molar-refractivity contribution in [1.29, 1.82) is 0 Å². The molecule has 1 amide bonds. The molecule has 2 aromatic carbocycles. The van der Waals surface area contributed by atoms with E-state index in [0.29, 0.717) is 47.7 Å². The lowest BCUT2D eigenvalue weighted by molar-refractivity contribution is -0.384. The lowest BCUT2D eigenvalue weighted by Crippen LogP contribution is -2.52. The van der Waals surface area contributed by atoms with Gasteiger partial charge in [-0.1, -0.05) is 35.3 Å². The van der Waals surface area contributed by atoms with Gasteiger partial charge in [-0.3, -0.25) is 14.9 Å². The minimum atomic E-state index is -0.712. The predicted molar refractivity (Wildman–Crippen MR) is 108 cm³/mol. The van der Waals surface area contributed by atoms with Crippen LogP contribution in [0.15, 0.2) is 42.5 Å². The van der Waals surface area contributed by atoms with Gasteiger partial charge < -0.3 is 14.5 Å². The fraction of sp³-hybridized carbons (Fsp3) is 0.316. The molecule has 1 aliphatic rings. The molecular weight excluding hydrogens is 405 g/mol. The number of benzene rings is 2. The maximum absolute atomic E-state index is 12.7. The minimum Gasteiger partial charge on any atom is -0.479 e. The highest BCUT2D eigenvalue weighted by atomic mass is 35.5. The number of hydrogen-bond donors (Lipinski definition) is 0. The number of hydrogen-bond acceptors (Lipinski definition) is 5.